The summed E-state index contributed by atoms with van der Waals surface area (Å²) in [5.41, 5.74) is 9.53. The van der Waals surface area contributed by atoms with E-state index in [2.05, 4.69) is 16.7 Å². The fourth-order valence-electron chi connectivity index (χ4n) is 2.29. The summed E-state index contributed by atoms with van der Waals surface area (Å²) in [7, 11) is 0. The maximum Gasteiger partial charge on any atom is 0.0716 e. The summed E-state index contributed by atoms with van der Waals surface area (Å²) in [6.07, 6.45) is 2.47. The lowest BCUT2D eigenvalue weighted by molar-refractivity contribution is 0.773. The SMILES string of the molecule is Nc1cccc2cc3n(c12)CCC3. The second kappa shape index (κ2) is 2.28. The monoisotopic (exact) mass is 172 g/mol. The molecule has 0 bridgehead atoms. The van der Waals surface area contributed by atoms with Gasteiger partial charge in [-0.05, 0) is 25.0 Å². The topological polar surface area (TPSA) is 30.9 Å². The Morgan fingerprint density at radius 2 is 2.23 bits per heavy atom. The molecule has 0 atom stereocenters. The van der Waals surface area contributed by atoms with Crippen LogP contribution in [0.3, 0.4) is 0 Å². The molecule has 0 aliphatic carbocycles. The molecule has 66 valence electrons. The lowest BCUT2D eigenvalue weighted by Crippen LogP contribution is -1.95. The number of aryl methyl sites for hydroxylation is 2. The van der Waals surface area contributed by atoms with Gasteiger partial charge in [0.2, 0.25) is 0 Å². The van der Waals surface area contributed by atoms with Crippen LogP contribution in [0.2, 0.25) is 0 Å². The molecule has 13 heavy (non-hydrogen) atoms. The molecule has 3 rings (SSSR count). The molecule has 0 saturated heterocycles. The van der Waals surface area contributed by atoms with E-state index in [0.29, 0.717) is 0 Å². The molecular weight excluding hydrogens is 160 g/mol. The molecule has 1 aliphatic heterocycles. The minimum atomic E-state index is 0.908. The first-order valence-electron chi connectivity index (χ1n) is 4.73. The number of benzene rings is 1. The smallest absolute Gasteiger partial charge is 0.0716 e. The number of nitrogens with zero attached hydrogens (tertiary/aromatic N) is 1. The molecule has 0 unspecified atom stereocenters. The van der Waals surface area contributed by atoms with Crippen molar-refractivity contribution in [3.63, 3.8) is 0 Å². The number of para-hydroxylation sites is 1. The van der Waals surface area contributed by atoms with Crippen molar-refractivity contribution in [1.82, 2.24) is 4.57 Å². The molecular formula is C11H12N2. The van der Waals surface area contributed by atoms with Crippen molar-refractivity contribution in [2.45, 2.75) is 19.4 Å². The Kier molecular flexibility index (Phi) is 1.23. The van der Waals surface area contributed by atoms with Gasteiger partial charge in [0.05, 0.1) is 11.2 Å². The van der Waals surface area contributed by atoms with Gasteiger partial charge in [0.15, 0.2) is 0 Å². The van der Waals surface area contributed by atoms with E-state index >= 15 is 0 Å². The van der Waals surface area contributed by atoms with E-state index in [1.165, 1.54) is 29.4 Å². The molecule has 2 heterocycles. The molecule has 1 aromatic heterocycles. The van der Waals surface area contributed by atoms with E-state index in [9.17, 15) is 0 Å². The highest BCUT2D eigenvalue weighted by Gasteiger charge is 2.14. The molecule has 0 fully saturated rings. The molecule has 2 nitrogen and oxygen atoms in total. The van der Waals surface area contributed by atoms with Crippen LogP contribution in [0.15, 0.2) is 24.3 Å². The van der Waals surface area contributed by atoms with Gasteiger partial charge in [-0.15, -0.1) is 0 Å². The van der Waals surface area contributed by atoms with Crippen LogP contribution >= 0.6 is 0 Å². The fourth-order valence-corrected chi connectivity index (χ4v) is 2.29. The molecule has 0 radical (unpaired) electrons. The van der Waals surface area contributed by atoms with E-state index in [-0.39, 0.29) is 0 Å². The van der Waals surface area contributed by atoms with Crippen LogP contribution in [0.25, 0.3) is 10.9 Å². The van der Waals surface area contributed by atoms with E-state index in [4.69, 9.17) is 5.73 Å². The highest BCUT2D eigenvalue weighted by molar-refractivity contribution is 5.91. The van der Waals surface area contributed by atoms with Crippen LogP contribution in [-0.2, 0) is 13.0 Å². The number of rotatable bonds is 0. The van der Waals surface area contributed by atoms with Crippen molar-refractivity contribution in [2.75, 3.05) is 5.73 Å². The number of hydrogen-bond acceptors (Lipinski definition) is 1. The zero-order valence-corrected chi connectivity index (χ0v) is 7.46. The standard InChI is InChI=1S/C11H12N2/c12-10-5-1-3-8-7-9-4-2-6-13(9)11(8)10/h1,3,5,7H,2,4,6,12H2. The molecule has 0 saturated carbocycles. The van der Waals surface area contributed by atoms with Gasteiger partial charge < -0.3 is 10.3 Å². The molecule has 2 N–H and O–H groups in total. The third-order valence-electron chi connectivity index (χ3n) is 2.85. The molecule has 2 aromatic rings. The Morgan fingerprint density at radius 3 is 3.15 bits per heavy atom. The maximum absolute atomic E-state index is 5.95. The fraction of sp³-hybridized carbons (Fsp3) is 0.273. The molecule has 0 amide bonds. The lowest BCUT2D eigenvalue weighted by atomic mass is 10.2. The summed E-state index contributed by atoms with van der Waals surface area (Å²) in [6.45, 7) is 1.13. The van der Waals surface area contributed by atoms with Crippen molar-refractivity contribution in [2.24, 2.45) is 0 Å². The summed E-state index contributed by atoms with van der Waals surface area (Å²) in [4.78, 5) is 0. The van der Waals surface area contributed by atoms with E-state index in [0.717, 1.165) is 12.2 Å². The zero-order chi connectivity index (χ0) is 8.84. The molecule has 0 spiro atoms. The predicted octanol–water partition coefficient (Wildman–Crippen LogP) is 2.17. The third kappa shape index (κ3) is 0.829. The Hall–Kier alpha value is -1.44. The molecule has 1 aromatic carbocycles. The first-order valence-corrected chi connectivity index (χ1v) is 4.73. The van der Waals surface area contributed by atoms with Gasteiger partial charge in [0, 0.05) is 17.6 Å². The Morgan fingerprint density at radius 1 is 1.31 bits per heavy atom. The Labute approximate surface area is 77.0 Å². The van der Waals surface area contributed by atoms with Gasteiger partial charge in [0.1, 0.15) is 0 Å². The van der Waals surface area contributed by atoms with Crippen molar-refractivity contribution >= 4 is 16.6 Å². The number of nitrogens with two attached hydrogens (primary N) is 1. The number of aromatic nitrogens is 1. The minimum absolute atomic E-state index is 0.908. The minimum Gasteiger partial charge on any atom is -0.397 e. The van der Waals surface area contributed by atoms with E-state index in [1.54, 1.807) is 0 Å². The summed E-state index contributed by atoms with van der Waals surface area (Å²) in [5.74, 6) is 0. The highest BCUT2D eigenvalue weighted by Crippen LogP contribution is 2.29. The zero-order valence-electron chi connectivity index (χ0n) is 7.46. The second-order valence-electron chi connectivity index (χ2n) is 3.68. The van der Waals surface area contributed by atoms with Gasteiger partial charge in [-0.3, -0.25) is 0 Å². The van der Waals surface area contributed by atoms with Crippen LogP contribution in [0.1, 0.15) is 12.1 Å². The van der Waals surface area contributed by atoms with Gasteiger partial charge in [-0.1, -0.05) is 12.1 Å². The normalized spacial score (nSPS) is 15.1. The number of fused-ring (bicyclic) bond motifs is 3. The highest BCUT2D eigenvalue weighted by atomic mass is 15.0. The van der Waals surface area contributed by atoms with Crippen LogP contribution < -0.4 is 5.73 Å². The number of anilines is 1. The third-order valence-corrected chi connectivity index (χ3v) is 2.85. The maximum atomic E-state index is 5.95. The summed E-state index contributed by atoms with van der Waals surface area (Å²) in [6, 6.07) is 8.40. The van der Waals surface area contributed by atoms with Crippen LogP contribution in [-0.4, -0.2) is 4.57 Å². The Bertz CT molecular complexity index is 468. The average Bonchev–Trinajstić information content (AvgIpc) is 2.62. The van der Waals surface area contributed by atoms with Crippen LogP contribution in [0.5, 0.6) is 0 Å². The van der Waals surface area contributed by atoms with Gasteiger partial charge in [-0.25, -0.2) is 0 Å². The van der Waals surface area contributed by atoms with Crippen LogP contribution in [0.4, 0.5) is 5.69 Å². The van der Waals surface area contributed by atoms with Gasteiger partial charge in [-0.2, -0.15) is 0 Å². The molecule has 2 heteroatoms. The largest absolute Gasteiger partial charge is 0.397 e. The first kappa shape index (κ1) is 7.01. The van der Waals surface area contributed by atoms with E-state index < -0.39 is 0 Å². The number of hydrogen-bond donors (Lipinski definition) is 1. The van der Waals surface area contributed by atoms with Crippen molar-refractivity contribution in [1.29, 1.82) is 0 Å². The Balaban J connectivity index is 2.46. The first-order chi connectivity index (χ1) is 6.36. The average molecular weight is 172 g/mol. The quantitative estimate of drug-likeness (QED) is 0.606. The van der Waals surface area contributed by atoms with Gasteiger partial charge in [0.25, 0.3) is 0 Å². The molecule has 1 aliphatic rings. The van der Waals surface area contributed by atoms with Crippen LogP contribution in [0, 0.1) is 0 Å². The predicted molar refractivity (Wildman–Crippen MR) is 54.7 cm³/mol. The van der Waals surface area contributed by atoms with Crippen molar-refractivity contribution < 1.29 is 0 Å². The summed E-state index contributed by atoms with van der Waals surface area (Å²) >= 11 is 0. The lowest BCUT2D eigenvalue weighted by Gasteiger charge is -2.02. The second-order valence-corrected chi connectivity index (χ2v) is 3.68. The number of nitrogen functional groups attached to an aromatic ring is 1. The summed E-state index contributed by atoms with van der Waals surface area (Å²) in [5, 5.41) is 1.29. The van der Waals surface area contributed by atoms with Crippen molar-refractivity contribution in [3.05, 3.63) is 30.0 Å². The summed E-state index contributed by atoms with van der Waals surface area (Å²) < 4.78 is 2.35. The van der Waals surface area contributed by atoms with Gasteiger partial charge >= 0.3 is 0 Å². The van der Waals surface area contributed by atoms with E-state index in [1.807, 2.05) is 12.1 Å². The van der Waals surface area contributed by atoms with Crippen molar-refractivity contribution in [3.8, 4) is 0 Å².